The minimum atomic E-state index is -4.43. The summed E-state index contributed by atoms with van der Waals surface area (Å²) in [6.45, 7) is 0.313. The molecule has 1 aliphatic rings. The average Bonchev–Trinajstić information content (AvgIpc) is 3.46. The lowest BCUT2D eigenvalue weighted by molar-refractivity contribution is -0.153. The van der Waals surface area contributed by atoms with Crippen LogP contribution in [-0.2, 0) is 4.79 Å². The van der Waals surface area contributed by atoms with Gasteiger partial charge in [-0.05, 0) is 43.0 Å². The van der Waals surface area contributed by atoms with Gasteiger partial charge in [-0.2, -0.15) is 13.2 Å². The van der Waals surface area contributed by atoms with E-state index in [1.807, 2.05) is 0 Å². The molecule has 1 heterocycles. The van der Waals surface area contributed by atoms with Crippen LogP contribution in [0.15, 0.2) is 36.5 Å². The molecule has 0 bridgehead atoms. The summed E-state index contributed by atoms with van der Waals surface area (Å²) >= 11 is 0. The van der Waals surface area contributed by atoms with E-state index in [-0.39, 0.29) is 23.5 Å². The molecule has 0 spiro atoms. The van der Waals surface area contributed by atoms with Crippen molar-refractivity contribution in [2.45, 2.75) is 31.5 Å². The van der Waals surface area contributed by atoms with E-state index in [1.54, 1.807) is 19.1 Å². The van der Waals surface area contributed by atoms with Crippen molar-refractivity contribution in [1.29, 1.82) is 0 Å². The van der Waals surface area contributed by atoms with Crippen LogP contribution in [0, 0.1) is 11.7 Å². The Bertz CT molecular complexity index is 871. The number of aromatic nitrogens is 1. The molecule has 0 unspecified atom stereocenters. The van der Waals surface area contributed by atoms with Crippen LogP contribution < -0.4 is 14.8 Å². The maximum Gasteiger partial charge on any atom is 0.422 e. The number of pyridine rings is 1. The van der Waals surface area contributed by atoms with Gasteiger partial charge >= 0.3 is 6.18 Å². The van der Waals surface area contributed by atoms with Crippen molar-refractivity contribution in [3.05, 3.63) is 53.6 Å². The van der Waals surface area contributed by atoms with Gasteiger partial charge in [-0.15, -0.1) is 0 Å². The van der Waals surface area contributed by atoms with E-state index < -0.39 is 24.6 Å². The van der Waals surface area contributed by atoms with E-state index in [1.165, 1.54) is 31.5 Å². The van der Waals surface area contributed by atoms with Gasteiger partial charge in [0, 0.05) is 12.0 Å². The number of ether oxygens (including phenoxy) is 2. The van der Waals surface area contributed by atoms with Gasteiger partial charge in [-0.25, -0.2) is 4.39 Å². The monoisotopic (exact) mass is 412 g/mol. The van der Waals surface area contributed by atoms with Crippen LogP contribution in [0.3, 0.4) is 0 Å². The van der Waals surface area contributed by atoms with Crippen LogP contribution in [0.25, 0.3) is 0 Å². The molecule has 9 heteroatoms. The Hall–Kier alpha value is -2.84. The van der Waals surface area contributed by atoms with Gasteiger partial charge < -0.3 is 14.8 Å². The van der Waals surface area contributed by atoms with Crippen molar-refractivity contribution in [2.75, 3.05) is 13.7 Å². The fraction of sp³-hybridized carbons (Fsp3) is 0.400. The van der Waals surface area contributed by atoms with Gasteiger partial charge in [0.15, 0.2) is 6.61 Å². The lowest BCUT2D eigenvalue weighted by Gasteiger charge is -2.14. The summed E-state index contributed by atoms with van der Waals surface area (Å²) in [5, 5.41) is 2.81. The second kappa shape index (κ2) is 8.26. The molecule has 1 saturated carbocycles. The Morgan fingerprint density at radius 1 is 1.28 bits per heavy atom. The molecule has 0 radical (unpaired) electrons. The number of carbonyl (C=O) groups excluding carboxylic acids is 1. The lowest BCUT2D eigenvalue weighted by atomic mass is 10.1. The third-order valence-corrected chi connectivity index (χ3v) is 4.70. The van der Waals surface area contributed by atoms with Crippen molar-refractivity contribution in [3.63, 3.8) is 0 Å². The summed E-state index contributed by atoms with van der Waals surface area (Å²) in [5.74, 6) is -0.767. The summed E-state index contributed by atoms with van der Waals surface area (Å²) < 4.78 is 60.2. The number of nitrogens with zero attached hydrogens (tertiary/aromatic N) is 1. The maximum absolute atomic E-state index is 14.2. The Morgan fingerprint density at radius 2 is 2.00 bits per heavy atom. The molecule has 0 saturated heterocycles. The maximum atomic E-state index is 14.2. The van der Waals surface area contributed by atoms with E-state index in [0.29, 0.717) is 23.4 Å². The van der Waals surface area contributed by atoms with E-state index in [9.17, 15) is 22.4 Å². The highest BCUT2D eigenvalue weighted by atomic mass is 19.4. The molecule has 1 aromatic carbocycles. The van der Waals surface area contributed by atoms with Crippen molar-refractivity contribution >= 4 is 5.91 Å². The zero-order valence-corrected chi connectivity index (χ0v) is 15.8. The molecule has 1 N–H and O–H groups in total. The number of rotatable bonds is 7. The third-order valence-electron chi connectivity index (χ3n) is 4.70. The highest BCUT2D eigenvalue weighted by molar-refractivity contribution is 5.83. The highest BCUT2D eigenvalue weighted by Gasteiger charge is 2.45. The van der Waals surface area contributed by atoms with Gasteiger partial charge in [0.05, 0.1) is 25.0 Å². The number of hydrogen-bond acceptors (Lipinski definition) is 4. The molecule has 3 rings (SSSR count). The molecule has 29 heavy (non-hydrogen) atoms. The predicted molar refractivity (Wildman–Crippen MR) is 96.1 cm³/mol. The van der Waals surface area contributed by atoms with Crippen LogP contribution in [0.2, 0.25) is 0 Å². The number of benzene rings is 1. The Labute approximate surface area is 165 Å². The van der Waals surface area contributed by atoms with Crippen LogP contribution in [0.4, 0.5) is 17.6 Å². The van der Waals surface area contributed by atoms with Crippen molar-refractivity contribution in [1.82, 2.24) is 10.3 Å². The second-order valence-corrected chi connectivity index (χ2v) is 6.89. The highest BCUT2D eigenvalue weighted by Crippen LogP contribution is 2.49. The number of halogens is 4. The number of nitrogens with one attached hydrogen (secondary N) is 1. The van der Waals surface area contributed by atoms with E-state index in [4.69, 9.17) is 4.74 Å². The Morgan fingerprint density at radius 3 is 2.59 bits per heavy atom. The number of amides is 1. The smallest absolute Gasteiger partial charge is 0.422 e. The molecule has 2 aromatic rings. The van der Waals surface area contributed by atoms with E-state index in [2.05, 4.69) is 15.0 Å². The van der Waals surface area contributed by atoms with Crippen LogP contribution in [-0.4, -0.2) is 30.8 Å². The largest absolute Gasteiger partial charge is 0.497 e. The average molecular weight is 412 g/mol. The summed E-state index contributed by atoms with van der Waals surface area (Å²) in [6, 6.07) is 6.96. The minimum absolute atomic E-state index is 0.0122. The van der Waals surface area contributed by atoms with E-state index in [0.717, 1.165) is 0 Å². The van der Waals surface area contributed by atoms with Crippen molar-refractivity contribution in [3.8, 4) is 11.5 Å². The summed E-state index contributed by atoms with van der Waals surface area (Å²) in [5.41, 5.74) is 0.952. The second-order valence-electron chi connectivity index (χ2n) is 6.89. The molecule has 1 amide bonds. The topological polar surface area (TPSA) is 60.5 Å². The quantitative estimate of drug-likeness (QED) is 0.694. The molecule has 1 fully saturated rings. The van der Waals surface area contributed by atoms with Gasteiger partial charge in [0.1, 0.15) is 17.3 Å². The van der Waals surface area contributed by atoms with E-state index >= 15 is 0 Å². The fourth-order valence-electron chi connectivity index (χ4n) is 3.06. The molecule has 0 aliphatic heterocycles. The Balaban J connectivity index is 1.55. The first kappa shape index (κ1) is 20.9. The van der Waals surface area contributed by atoms with Crippen LogP contribution >= 0.6 is 0 Å². The lowest BCUT2D eigenvalue weighted by Crippen LogP contribution is -2.29. The first-order valence-corrected chi connectivity index (χ1v) is 8.97. The number of hydrogen-bond donors (Lipinski definition) is 1. The summed E-state index contributed by atoms with van der Waals surface area (Å²) in [6.07, 6.45) is -2.71. The molecular weight excluding hydrogens is 392 g/mol. The summed E-state index contributed by atoms with van der Waals surface area (Å²) in [7, 11) is 1.45. The third kappa shape index (κ3) is 5.36. The van der Waals surface area contributed by atoms with Gasteiger partial charge in [-0.1, -0.05) is 6.07 Å². The fourth-order valence-corrected chi connectivity index (χ4v) is 3.06. The molecule has 1 aromatic heterocycles. The number of carbonyl (C=O) groups is 1. The van der Waals surface area contributed by atoms with Gasteiger partial charge in [-0.3, -0.25) is 9.78 Å². The van der Waals surface area contributed by atoms with Gasteiger partial charge in [0.2, 0.25) is 5.91 Å². The number of alkyl halides is 3. The molecule has 1 aliphatic carbocycles. The van der Waals surface area contributed by atoms with Gasteiger partial charge in [0.25, 0.3) is 0 Å². The molecular formula is C20H20F4N2O3. The predicted octanol–water partition coefficient (Wildman–Crippen LogP) is 4.15. The molecule has 156 valence electrons. The zero-order valence-electron chi connectivity index (χ0n) is 15.8. The summed E-state index contributed by atoms with van der Waals surface area (Å²) in [4.78, 5) is 16.5. The van der Waals surface area contributed by atoms with Crippen molar-refractivity contribution in [2.24, 2.45) is 5.92 Å². The number of methoxy groups -OCH3 is 1. The first-order valence-electron chi connectivity index (χ1n) is 8.97. The minimum Gasteiger partial charge on any atom is -0.497 e. The normalized spacial score (nSPS) is 19.4. The molecule has 5 nitrogen and oxygen atoms in total. The standard InChI is InChI=1S/C20H20F4N2O3/c1-11(18-6-4-13(9-25-18)29-10-20(22,23)24)26-19(27)16-8-15(16)14-5-3-12(28-2)7-17(14)21/h3-7,9,11,15-16H,8,10H2,1-2H3,(H,26,27)/t11-,15-,16+/m1/s1. The zero-order chi connectivity index (χ0) is 21.2. The SMILES string of the molecule is COc1ccc([C@H]2C[C@@H]2C(=O)N[C@H](C)c2ccc(OCC(F)(F)F)cn2)c(F)c1. The van der Waals surface area contributed by atoms with Crippen LogP contribution in [0.5, 0.6) is 11.5 Å². The molecule has 3 atom stereocenters. The van der Waals surface area contributed by atoms with Crippen LogP contribution in [0.1, 0.15) is 36.6 Å². The van der Waals surface area contributed by atoms with Crippen molar-refractivity contribution < 1.29 is 31.8 Å². The Kier molecular flexibility index (Phi) is 5.95. The first-order chi connectivity index (χ1) is 13.7.